The van der Waals surface area contributed by atoms with E-state index in [-0.39, 0.29) is 5.41 Å². The van der Waals surface area contributed by atoms with Gasteiger partial charge in [-0.05, 0) is 36.8 Å². The van der Waals surface area contributed by atoms with Gasteiger partial charge in [-0.3, -0.25) is 4.21 Å². The molecule has 0 amide bonds. The maximum absolute atomic E-state index is 10.9. The van der Waals surface area contributed by atoms with Crippen molar-refractivity contribution in [2.75, 3.05) is 13.1 Å². The number of hydrogen-bond acceptors (Lipinski definition) is 2. The summed E-state index contributed by atoms with van der Waals surface area (Å²) in [4.78, 5) is 0. The van der Waals surface area contributed by atoms with Crippen LogP contribution in [-0.2, 0) is 11.3 Å². The van der Waals surface area contributed by atoms with E-state index in [1.165, 1.54) is 15.5 Å². The van der Waals surface area contributed by atoms with Crippen LogP contribution in [0.1, 0.15) is 25.7 Å². The molecule has 4 heteroatoms. The molecule has 3 nitrogen and oxygen atoms in total. The highest BCUT2D eigenvalue weighted by Gasteiger charge is 2.39. The molecule has 1 saturated heterocycles. The number of nitrogens with zero attached hydrogens (tertiary/aromatic N) is 1. The molecule has 17 heavy (non-hydrogen) atoms. The zero-order valence-electron chi connectivity index (χ0n) is 9.72. The first kappa shape index (κ1) is 11.4. The highest BCUT2D eigenvalue weighted by molar-refractivity contribution is 7.76. The minimum Gasteiger partial charge on any atom is -0.760 e. The van der Waals surface area contributed by atoms with Crippen LogP contribution in [0.5, 0.6) is 0 Å². The molecular weight excluding hydrogens is 234 g/mol. The molecule has 0 radical (unpaired) electrons. The molecule has 0 saturated carbocycles. The van der Waals surface area contributed by atoms with Crippen LogP contribution in [0.15, 0.2) is 35.5 Å². The Morgan fingerprint density at radius 1 is 1.29 bits per heavy atom. The number of hydrogen-bond donors (Lipinski definition) is 0. The van der Waals surface area contributed by atoms with E-state index >= 15 is 0 Å². The van der Waals surface area contributed by atoms with Gasteiger partial charge in [-0.1, -0.05) is 24.3 Å². The molecule has 1 aliphatic heterocycles. The van der Waals surface area contributed by atoms with E-state index in [2.05, 4.69) is 24.3 Å². The summed E-state index contributed by atoms with van der Waals surface area (Å²) in [5.41, 5.74) is 3.03. The first-order valence-corrected chi connectivity index (χ1v) is 7.18. The second kappa shape index (κ2) is 4.19. The van der Waals surface area contributed by atoms with Crippen molar-refractivity contribution in [2.45, 2.75) is 25.7 Å². The topological polar surface area (TPSA) is 43.4 Å². The summed E-state index contributed by atoms with van der Waals surface area (Å²) in [7, 11) is 0. The summed E-state index contributed by atoms with van der Waals surface area (Å²) in [6.45, 7) is 1.29. The van der Waals surface area contributed by atoms with Gasteiger partial charge in [0.25, 0.3) is 0 Å². The molecule has 3 rings (SSSR count). The molecule has 92 valence electrons. The molecule has 0 N–H and O–H groups in total. The van der Waals surface area contributed by atoms with Crippen LogP contribution in [0, 0.1) is 5.41 Å². The Balaban J connectivity index is 1.82. The van der Waals surface area contributed by atoms with E-state index in [0.717, 1.165) is 25.7 Å². The van der Waals surface area contributed by atoms with E-state index in [1.54, 1.807) is 0 Å². The van der Waals surface area contributed by atoms with Gasteiger partial charge < -0.3 is 4.55 Å². The van der Waals surface area contributed by atoms with Crippen molar-refractivity contribution < 1.29 is 8.76 Å². The number of allylic oxidation sites excluding steroid dienone is 6. The van der Waals surface area contributed by atoms with Gasteiger partial charge in [0.2, 0.25) is 0 Å². The summed E-state index contributed by atoms with van der Waals surface area (Å²) in [6, 6.07) is 0. The predicted molar refractivity (Wildman–Crippen MR) is 66.7 cm³/mol. The zero-order valence-corrected chi connectivity index (χ0v) is 10.5. The standard InChI is InChI=1S/C13H17NO2S/c15-17(16)14-9-7-13(8-10-14)6-5-11-3-1-2-4-12(11)13/h2,4-6H,1,3,7-10H2,(H,15,16)/p-1. The van der Waals surface area contributed by atoms with Crippen LogP contribution >= 0.6 is 0 Å². The summed E-state index contributed by atoms with van der Waals surface area (Å²) in [5, 5.41) is 0. The summed E-state index contributed by atoms with van der Waals surface area (Å²) < 4.78 is 23.4. The fourth-order valence-corrected chi connectivity index (χ4v) is 3.64. The van der Waals surface area contributed by atoms with Crippen LogP contribution in [0.2, 0.25) is 0 Å². The quantitative estimate of drug-likeness (QED) is 0.669. The first-order valence-electron chi connectivity index (χ1n) is 6.15. The third-order valence-electron chi connectivity index (χ3n) is 4.18. The van der Waals surface area contributed by atoms with E-state index in [0.29, 0.717) is 13.1 Å². The van der Waals surface area contributed by atoms with Gasteiger partial charge in [-0.15, -0.1) is 0 Å². The highest BCUT2D eigenvalue weighted by atomic mass is 32.2. The third kappa shape index (κ3) is 1.84. The second-order valence-corrected chi connectivity index (χ2v) is 5.97. The maximum Gasteiger partial charge on any atom is 0.0209 e. The highest BCUT2D eigenvalue weighted by Crippen LogP contribution is 2.48. The van der Waals surface area contributed by atoms with E-state index < -0.39 is 11.3 Å². The van der Waals surface area contributed by atoms with Crippen molar-refractivity contribution in [2.24, 2.45) is 5.41 Å². The van der Waals surface area contributed by atoms with E-state index in [9.17, 15) is 8.76 Å². The van der Waals surface area contributed by atoms with Gasteiger partial charge in [-0.2, -0.15) is 0 Å². The molecule has 1 heterocycles. The zero-order chi connectivity index (χ0) is 11.9. The summed E-state index contributed by atoms with van der Waals surface area (Å²) in [6.07, 6.45) is 13.2. The molecule has 0 aromatic carbocycles. The van der Waals surface area contributed by atoms with Crippen LogP contribution in [-0.4, -0.2) is 26.2 Å². The maximum atomic E-state index is 10.9. The lowest BCUT2D eigenvalue weighted by Crippen LogP contribution is -2.40. The van der Waals surface area contributed by atoms with Crippen molar-refractivity contribution >= 4 is 11.3 Å². The lowest BCUT2D eigenvalue weighted by atomic mass is 9.73. The fourth-order valence-electron chi connectivity index (χ4n) is 3.16. The van der Waals surface area contributed by atoms with Gasteiger partial charge in [0, 0.05) is 29.8 Å². The Bertz CT molecular complexity index is 442. The molecule has 0 bridgehead atoms. The number of fused-ring (bicyclic) bond motifs is 1. The average molecular weight is 250 g/mol. The first-order chi connectivity index (χ1) is 8.21. The Morgan fingerprint density at radius 2 is 2.06 bits per heavy atom. The van der Waals surface area contributed by atoms with Crippen molar-refractivity contribution in [1.29, 1.82) is 0 Å². The Labute approximate surface area is 104 Å². The molecule has 3 aliphatic rings. The van der Waals surface area contributed by atoms with Crippen molar-refractivity contribution in [3.8, 4) is 0 Å². The van der Waals surface area contributed by atoms with Gasteiger partial charge in [0.05, 0.1) is 0 Å². The smallest absolute Gasteiger partial charge is 0.0209 e. The minimum absolute atomic E-state index is 0.127. The SMILES string of the molecule is O=S([O-])N1CCC2(C=CC3=C2C=CCC3)CC1. The Kier molecular flexibility index (Phi) is 2.81. The fraction of sp³-hybridized carbons (Fsp3) is 0.538. The molecule has 1 unspecified atom stereocenters. The third-order valence-corrected chi connectivity index (χ3v) is 4.96. The summed E-state index contributed by atoms with van der Waals surface area (Å²) in [5.74, 6) is 0. The second-order valence-electron chi connectivity index (χ2n) is 5.02. The largest absolute Gasteiger partial charge is 0.760 e. The van der Waals surface area contributed by atoms with Gasteiger partial charge in [0.1, 0.15) is 0 Å². The molecule has 1 atom stereocenters. The molecular formula is C13H16NO2S-. The normalized spacial score (nSPS) is 28.8. The number of piperidine rings is 1. The van der Waals surface area contributed by atoms with Crippen LogP contribution in [0.25, 0.3) is 0 Å². The lowest BCUT2D eigenvalue weighted by Gasteiger charge is -2.40. The Morgan fingerprint density at radius 3 is 2.76 bits per heavy atom. The van der Waals surface area contributed by atoms with Gasteiger partial charge in [0.15, 0.2) is 0 Å². The Hall–Kier alpha value is -0.710. The summed E-state index contributed by atoms with van der Waals surface area (Å²) >= 11 is -2.05. The van der Waals surface area contributed by atoms with E-state index in [4.69, 9.17) is 0 Å². The minimum atomic E-state index is -2.05. The molecule has 0 aromatic rings. The van der Waals surface area contributed by atoms with Crippen LogP contribution in [0.3, 0.4) is 0 Å². The average Bonchev–Trinajstić information content (AvgIpc) is 2.70. The van der Waals surface area contributed by atoms with Crippen LogP contribution < -0.4 is 0 Å². The van der Waals surface area contributed by atoms with Gasteiger partial charge in [-0.25, -0.2) is 4.31 Å². The molecule has 1 spiro atoms. The molecule has 2 aliphatic carbocycles. The van der Waals surface area contributed by atoms with Crippen molar-refractivity contribution in [3.63, 3.8) is 0 Å². The number of rotatable bonds is 1. The molecule has 1 fully saturated rings. The monoisotopic (exact) mass is 250 g/mol. The van der Waals surface area contributed by atoms with E-state index in [1.807, 2.05) is 0 Å². The van der Waals surface area contributed by atoms with Crippen LogP contribution in [0.4, 0.5) is 0 Å². The van der Waals surface area contributed by atoms with Crippen molar-refractivity contribution in [3.05, 3.63) is 35.5 Å². The van der Waals surface area contributed by atoms with Crippen molar-refractivity contribution in [1.82, 2.24) is 4.31 Å². The molecule has 0 aromatic heterocycles. The van der Waals surface area contributed by atoms with Gasteiger partial charge >= 0.3 is 0 Å². The predicted octanol–water partition coefficient (Wildman–Crippen LogP) is 2.08. The lowest BCUT2D eigenvalue weighted by molar-refractivity contribution is 0.240.